The molecule has 0 aliphatic carbocycles. The van der Waals surface area contributed by atoms with Crippen molar-refractivity contribution in [2.75, 3.05) is 23.7 Å². The number of hydrogen-bond acceptors (Lipinski definition) is 8. The minimum Gasteiger partial charge on any atom is -0.367 e. The van der Waals surface area contributed by atoms with Gasteiger partial charge in [-0.1, -0.05) is 53.8 Å². The number of carbonyl (C=O) groups is 1. The number of piperidine rings is 1. The number of thiazole rings is 1. The Morgan fingerprint density at radius 1 is 0.919 bits per heavy atom. The van der Waals surface area contributed by atoms with Crippen LogP contribution >= 0.6 is 11.3 Å². The third-order valence-electron chi connectivity index (χ3n) is 6.25. The lowest BCUT2D eigenvalue weighted by atomic mass is 10.1. The van der Waals surface area contributed by atoms with Crippen LogP contribution in [-0.4, -0.2) is 45.0 Å². The fraction of sp³-hybridized carbons (Fsp3) is 0.179. The average Bonchev–Trinajstić information content (AvgIpc) is 3.38. The highest BCUT2D eigenvalue weighted by Gasteiger charge is 2.19. The second-order valence-corrected chi connectivity index (χ2v) is 9.82. The molecule has 8 nitrogen and oxygen atoms in total. The molecule has 0 unspecified atom stereocenters. The Bertz CT molecular complexity index is 1510. The topological polar surface area (TPSA) is 105 Å². The fourth-order valence-electron chi connectivity index (χ4n) is 4.38. The molecule has 9 heteroatoms. The predicted molar refractivity (Wildman–Crippen MR) is 148 cm³/mol. The quantitative estimate of drug-likeness (QED) is 0.289. The number of carbonyl (C=O) groups excluding carboxylic acids is 1. The minimum absolute atomic E-state index is 0.295. The van der Waals surface area contributed by atoms with E-state index in [1.54, 1.807) is 12.3 Å². The van der Waals surface area contributed by atoms with Crippen molar-refractivity contribution < 1.29 is 4.79 Å². The highest BCUT2D eigenvalue weighted by Crippen LogP contribution is 2.34. The number of para-hydroxylation sites is 1. The molecule has 2 aromatic carbocycles. The lowest BCUT2D eigenvalue weighted by molar-refractivity contribution is 0.102. The van der Waals surface area contributed by atoms with E-state index in [0.717, 1.165) is 52.4 Å². The van der Waals surface area contributed by atoms with Crippen LogP contribution in [0.2, 0.25) is 0 Å². The number of hydrogen-bond donors (Lipinski definition) is 3. The number of rotatable bonds is 6. The lowest BCUT2D eigenvalue weighted by Crippen LogP contribution is -2.35. The zero-order valence-electron chi connectivity index (χ0n) is 20.0. The van der Waals surface area contributed by atoms with E-state index < -0.39 is 0 Å². The van der Waals surface area contributed by atoms with Crippen LogP contribution < -0.4 is 16.0 Å². The molecular weight excluding hydrogens is 482 g/mol. The van der Waals surface area contributed by atoms with E-state index in [0.29, 0.717) is 29.1 Å². The molecular formula is C28H25N7OS. The largest absolute Gasteiger partial charge is 0.367 e. The van der Waals surface area contributed by atoms with Crippen LogP contribution in [0.15, 0.2) is 79.0 Å². The van der Waals surface area contributed by atoms with E-state index >= 15 is 0 Å². The van der Waals surface area contributed by atoms with E-state index in [9.17, 15) is 4.79 Å². The summed E-state index contributed by atoms with van der Waals surface area (Å²) < 4.78 is 0. The molecule has 1 aliphatic rings. The van der Waals surface area contributed by atoms with Gasteiger partial charge in [0.2, 0.25) is 0 Å². The van der Waals surface area contributed by atoms with Gasteiger partial charge < -0.3 is 16.0 Å². The Hall–Kier alpha value is -4.21. The maximum absolute atomic E-state index is 13.5. The third kappa shape index (κ3) is 5.18. The molecule has 184 valence electrons. The molecule has 4 heterocycles. The molecule has 0 bridgehead atoms. The van der Waals surface area contributed by atoms with E-state index in [1.165, 1.54) is 11.3 Å². The van der Waals surface area contributed by atoms with E-state index in [2.05, 4.69) is 25.9 Å². The van der Waals surface area contributed by atoms with Gasteiger partial charge >= 0.3 is 0 Å². The van der Waals surface area contributed by atoms with Gasteiger partial charge in [-0.25, -0.2) is 19.9 Å². The van der Waals surface area contributed by atoms with Crippen LogP contribution in [0.4, 0.5) is 11.5 Å². The predicted octanol–water partition coefficient (Wildman–Crippen LogP) is 5.23. The van der Waals surface area contributed by atoms with Crippen LogP contribution in [0.1, 0.15) is 23.3 Å². The minimum atomic E-state index is -0.306. The number of anilines is 2. The number of nitrogens with one attached hydrogen (secondary N) is 3. The van der Waals surface area contributed by atoms with E-state index in [4.69, 9.17) is 9.97 Å². The van der Waals surface area contributed by atoms with Crippen LogP contribution in [0.25, 0.3) is 32.3 Å². The Morgan fingerprint density at radius 3 is 2.57 bits per heavy atom. The van der Waals surface area contributed by atoms with Gasteiger partial charge in [0.05, 0.1) is 5.69 Å². The monoisotopic (exact) mass is 507 g/mol. The molecule has 37 heavy (non-hydrogen) atoms. The van der Waals surface area contributed by atoms with Crippen molar-refractivity contribution in [2.24, 2.45) is 0 Å². The van der Waals surface area contributed by atoms with Crippen LogP contribution in [0, 0.1) is 0 Å². The molecule has 6 rings (SSSR count). The number of amides is 1. The van der Waals surface area contributed by atoms with Gasteiger partial charge in [-0.15, -0.1) is 0 Å². The second-order valence-electron chi connectivity index (χ2n) is 8.84. The maximum atomic E-state index is 13.5. The number of pyridine rings is 1. The van der Waals surface area contributed by atoms with Gasteiger partial charge in [-0.2, -0.15) is 0 Å². The van der Waals surface area contributed by atoms with Gasteiger partial charge in [0.1, 0.15) is 26.9 Å². The summed E-state index contributed by atoms with van der Waals surface area (Å²) in [5, 5.41) is 10.7. The van der Waals surface area contributed by atoms with Crippen molar-refractivity contribution in [2.45, 2.75) is 18.9 Å². The second kappa shape index (κ2) is 10.4. The summed E-state index contributed by atoms with van der Waals surface area (Å²) in [5.41, 5.74) is 3.49. The number of fused-ring (bicyclic) bond motifs is 1. The summed E-state index contributed by atoms with van der Waals surface area (Å²) in [5.74, 6) is 0.853. The molecule has 1 saturated heterocycles. The van der Waals surface area contributed by atoms with Gasteiger partial charge in [-0.05, 0) is 50.2 Å². The van der Waals surface area contributed by atoms with Crippen LogP contribution in [0.5, 0.6) is 0 Å². The molecule has 5 aromatic rings. The lowest BCUT2D eigenvalue weighted by Gasteiger charge is -2.24. The molecule has 1 aliphatic heterocycles. The first kappa shape index (κ1) is 23.2. The van der Waals surface area contributed by atoms with Gasteiger partial charge in [0.25, 0.3) is 5.91 Å². The van der Waals surface area contributed by atoms with Crippen molar-refractivity contribution in [3.63, 3.8) is 0 Å². The number of nitrogens with zero attached hydrogens (tertiary/aromatic N) is 4. The molecule has 0 spiro atoms. The highest BCUT2D eigenvalue weighted by atomic mass is 32.1. The zero-order chi connectivity index (χ0) is 25.0. The summed E-state index contributed by atoms with van der Waals surface area (Å²) in [6, 6.07) is 23.2. The normalized spacial score (nSPS) is 13.9. The zero-order valence-corrected chi connectivity index (χ0v) is 20.8. The Labute approximate surface area is 218 Å². The first-order valence-corrected chi connectivity index (χ1v) is 13.1. The molecule has 3 N–H and O–H groups in total. The first-order valence-electron chi connectivity index (χ1n) is 12.3. The maximum Gasteiger partial charge on any atom is 0.274 e. The van der Waals surface area contributed by atoms with Gasteiger partial charge in [0, 0.05) is 29.4 Å². The average molecular weight is 508 g/mol. The number of benzene rings is 2. The standard InChI is InChI=1S/C28H25N7OS/c36-26(33-21-10-5-4-9-20(21)27-34-22-11-6-14-30-28(22)37-27)23-17-24(31-19-12-15-29-16-13-19)35-25(32-23)18-7-2-1-3-8-18/h1-11,14,17,19,29H,12-13,15-16H2,(H,33,36)(H,31,32,35). The van der Waals surface area contributed by atoms with E-state index in [-0.39, 0.29) is 5.91 Å². The van der Waals surface area contributed by atoms with Crippen molar-refractivity contribution in [3.8, 4) is 22.0 Å². The summed E-state index contributed by atoms with van der Waals surface area (Å²) in [4.78, 5) is 32.9. The Kier molecular flexibility index (Phi) is 6.53. The van der Waals surface area contributed by atoms with Gasteiger partial charge in [0.15, 0.2) is 5.82 Å². The van der Waals surface area contributed by atoms with Crippen LogP contribution in [-0.2, 0) is 0 Å². The van der Waals surface area contributed by atoms with Crippen molar-refractivity contribution in [3.05, 3.63) is 84.7 Å². The first-order chi connectivity index (χ1) is 18.2. The third-order valence-corrected chi connectivity index (χ3v) is 7.27. The highest BCUT2D eigenvalue weighted by molar-refractivity contribution is 7.21. The Morgan fingerprint density at radius 2 is 1.73 bits per heavy atom. The van der Waals surface area contributed by atoms with Crippen molar-refractivity contribution in [1.82, 2.24) is 25.3 Å². The molecule has 0 atom stereocenters. The number of aromatic nitrogens is 4. The summed E-state index contributed by atoms with van der Waals surface area (Å²) in [6.07, 6.45) is 3.75. The van der Waals surface area contributed by atoms with Crippen molar-refractivity contribution in [1.29, 1.82) is 0 Å². The smallest absolute Gasteiger partial charge is 0.274 e. The Balaban J connectivity index is 1.33. The molecule has 1 fully saturated rings. The van der Waals surface area contributed by atoms with Gasteiger partial charge in [-0.3, -0.25) is 4.79 Å². The molecule has 1 amide bonds. The van der Waals surface area contributed by atoms with E-state index in [1.807, 2.05) is 66.7 Å². The SMILES string of the molecule is O=C(Nc1ccccc1-c1nc2cccnc2s1)c1cc(NC2CCNCC2)nc(-c2ccccc2)n1. The molecule has 0 radical (unpaired) electrons. The summed E-state index contributed by atoms with van der Waals surface area (Å²) >= 11 is 1.49. The van der Waals surface area contributed by atoms with Crippen LogP contribution in [0.3, 0.4) is 0 Å². The molecule has 3 aromatic heterocycles. The fourth-order valence-corrected chi connectivity index (χ4v) is 5.33. The summed E-state index contributed by atoms with van der Waals surface area (Å²) in [7, 11) is 0. The summed E-state index contributed by atoms with van der Waals surface area (Å²) in [6.45, 7) is 1.92. The van der Waals surface area contributed by atoms with Crippen molar-refractivity contribution >= 4 is 39.1 Å². The molecule has 0 saturated carbocycles.